The molecule has 6 nitrogen and oxygen atoms in total. The highest BCUT2D eigenvalue weighted by Crippen LogP contribution is 2.18. The molecule has 0 aliphatic carbocycles. The molecule has 0 fully saturated rings. The lowest BCUT2D eigenvalue weighted by Gasteiger charge is -2.14. The molecule has 2 aromatic rings. The number of amides is 2. The zero-order valence-corrected chi connectivity index (χ0v) is 15.3. The van der Waals surface area contributed by atoms with Crippen molar-refractivity contribution in [3.05, 3.63) is 47.3 Å². The van der Waals surface area contributed by atoms with Gasteiger partial charge in [0.25, 0.3) is 0 Å². The molecule has 25 heavy (non-hydrogen) atoms. The molecule has 0 spiro atoms. The van der Waals surface area contributed by atoms with E-state index in [0.717, 1.165) is 29.1 Å². The van der Waals surface area contributed by atoms with Gasteiger partial charge in [0.05, 0.1) is 17.8 Å². The molecule has 0 saturated heterocycles. The highest BCUT2D eigenvalue weighted by atomic mass is 16.2. The molecule has 6 heteroatoms. The average Bonchev–Trinajstić information content (AvgIpc) is 2.88. The van der Waals surface area contributed by atoms with Crippen molar-refractivity contribution in [3.8, 4) is 5.69 Å². The monoisotopic (exact) mass is 342 g/mol. The molecule has 1 heterocycles. The highest BCUT2D eigenvalue weighted by Gasteiger charge is 2.19. The van der Waals surface area contributed by atoms with E-state index < -0.39 is 6.04 Å². The van der Waals surface area contributed by atoms with Crippen LogP contribution in [0.15, 0.2) is 30.3 Å². The number of carbonyl (C=O) groups is 2. The van der Waals surface area contributed by atoms with Gasteiger partial charge in [-0.3, -0.25) is 9.59 Å². The van der Waals surface area contributed by atoms with Gasteiger partial charge in [-0.1, -0.05) is 25.1 Å². The summed E-state index contributed by atoms with van der Waals surface area (Å²) < 4.78 is 1.84. The van der Waals surface area contributed by atoms with Crippen molar-refractivity contribution >= 4 is 11.8 Å². The number of hydrogen-bond donors (Lipinski definition) is 2. The molecule has 0 unspecified atom stereocenters. The molecule has 134 valence electrons. The van der Waals surface area contributed by atoms with Gasteiger partial charge in [0.2, 0.25) is 11.8 Å². The first kappa shape index (κ1) is 18.7. The van der Waals surface area contributed by atoms with Gasteiger partial charge in [0.1, 0.15) is 6.04 Å². The average molecular weight is 342 g/mol. The number of nitrogens with zero attached hydrogens (tertiary/aromatic N) is 2. The van der Waals surface area contributed by atoms with Crippen LogP contribution >= 0.6 is 0 Å². The van der Waals surface area contributed by atoms with Gasteiger partial charge in [0.15, 0.2) is 0 Å². The zero-order chi connectivity index (χ0) is 18.4. The number of benzene rings is 1. The molecule has 1 atom stereocenters. The van der Waals surface area contributed by atoms with Gasteiger partial charge in [0, 0.05) is 17.8 Å². The van der Waals surface area contributed by atoms with Crippen LogP contribution in [0, 0.1) is 13.8 Å². The molecular weight excluding hydrogens is 316 g/mol. The van der Waals surface area contributed by atoms with Gasteiger partial charge in [-0.2, -0.15) is 5.10 Å². The zero-order valence-electron chi connectivity index (χ0n) is 15.3. The van der Waals surface area contributed by atoms with Crippen LogP contribution in [-0.2, 0) is 16.0 Å². The summed E-state index contributed by atoms with van der Waals surface area (Å²) in [4.78, 5) is 24.2. The minimum atomic E-state index is -0.552. The van der Waals surface area contributed by atoms with Crippen LogP contribution in [0.4, 0.5) is 0 Å². The van der Waals surface area contributed by atoms with Crippen LogP contribution in [-0.4, -0.2) is 34.2 Å². The predicted molar refractivity (Wildman–Crippen MR) is 97.6 cm³/mol. The molecule has 2 rings (SSSR count). The fourth-order valence-electron chi connectivity index (χ4n) is 2.67. The Bertz CT molecular complexity index is 737. The van der Waals surface area contributed by atoms with Crippen molar-refractivity contribution in [2.24, 2.45) is 0 Å². The highest BCUT2D eigenvalue weighted by molar-refractivity contribution is 5.88. The summed E-state index contributed by atoms with van der Waals surface area (Å²) in [6.45, 7) is 8.13. The third kappa shape index (κ3) is 4.68. The fraction of sp³-hybridized carbons (Fsp3) is 0.421. The summed E-state index contributed by atoms with van der Waals surface area (Å²) in [7, 11) is 0. The molecule has 0 radical (unpaired) electrons. The van der Waals surface area contributed by atoms with Crippen molar-refractivity contribution in [1.82, 2.24) is 20.4 Å². The van der Waals surface area contributed by atoms with Gasteiger partial charge in [-0.15, -0.1) is 0 Å². The third-order valence-corrected chi connectivity index (χ3v) is 4.10. The van der Waals surface area contributed by atoms with Crippen LogP contribution in [0.25, 0.3) is 5.69 Å². The van der Waals surface area contributed by atoms with E-state index in [1.54, 1.807) is 6.92 Å². The fourth-order valence-corrected chi connectivity index (χ4v) is 2.67. The number of para-hydroxylation sites is 1. The summed E-state index contributed by atoms with van der Waals surface area (Å²) in [5.74, 6) is -0.346. The Hall–Kier alpha value is -2.63. The van der Waals surface area contributed by atoms with Crippen molar-refractivity contribution in [1.29, 1.82) is 0 Å². The molecule has 2 N–H and O–H groups in total. The lowest BCUT2D eigenvalue weighted by Crippen LogP contribution is -2.45. The van der Waals surface area contributed by atoms with E-state index in [2.05, 4.69) is 15.7 Å². The minimum absolute atomic E-state index is 0.163. The molecule has 0 aliphatic heterocycles. The number of hydrogen-bond acceptors (Lipinski definition) is 3. The quantitative estimate of drug-likeness (QED) is 0.809. The van der Waals surface area contributed by atoms with Crippen molar-refractivity contribution < 1.29 is 9.59 Å². The van der Waals surface area contributed by atoms with Crippen molar-refractivity contribution in [2.75, 3.05) is 6.54 Å². The van der Waals surface area contributed by atoms with Gasteiger partial charge in [-0.25, -0.2) is 4.68 Å². The molecule has 1 aromatic carbocycles. The number of aromatic nitrogens is 2. The number of rotatable bonds is 7. The van der Waals surface area contributed by atoms with Crippen LogP contribution in [0.2, 0.25) is 0 Å². The topological polar surface area (TPSA) is 76.0 Å². The summed E-state index contributed by atoms with van der Waals surface area (Å²) in [6.07, 6.45) is 1.07. The maximum absolute atomic E-state index is 12.3. The molecule has 1 aromatic heterocycles. The summed E-state index contributed by atoms with van der Waals surface area (Å²) in [6, 6.07) is 9.26. The van der Waals surface area contributed by atoms with Gasteiger partial charge < -0.3 is 10.6 Å². The predicted octanol–water partition coefficient (Wildman–Crippen LogP) is 2.06. The van der Waals surface area contributed by atoms with Crippen molar-refractivity contribution in [3.63, 3.8) is 0 Å². The lowest BCUT2D eigenvalue weighted by molar-refractivity contribution is -0.128. The third-order valence-electron chi connectivity index (χ3n) is 4.10. The van der Waals surface area contributed by atoms with E-state index in [1.165, 1.54) is 0 Å². The molecule has 2 amide bonds. The van der Waals surface area contributed by atoms with Crippen LogP contribution in [0.1, 0.15) is 37.2 Å². The molecular formula is C19H26N4O2. The van der Waals surface area contributed by atoms with Gasteiger partial charge >= 0.3 is 0 Å². The second-order valence-electron chi connectivity index (χ2n) is 6.15. The largest absolute Gasteiger partial charge is 0.354 e. The van der Waals surface area contributed by atoms with E-state index in [-0.39, 0.29) is 18.2 Å². The summed E-state index contributed by atoms with van der Waals surface area (Å²) in [5, 5.41) is 10.1. The minimum Gasteiger partial charge on any atom is -0.354 e. The second kappa shape index (κ2) is 8.46. The lowest BCUT2D eigenvalue weighted by atomic mass is 10.1. The normalized spacial score (nSPS) is 11.8. The summed E-state index contributed by atoms with van der Waals surface area (Å²) in [5.41, 5.74) is 3.60. The van der Waals surface area contributed by atoms with E-state index in [9.17, 15) is 9.59 Å². The first-order chi connectivity index (χ1) is 11.9. The Balaban J connectivity index is 2.06. The number of carbonyl (C=O) groups excluding carboxylic acids is 2. The van der Waals surface area contributed by atoms with E-state index in [0.29, 0.717) is 6.54 Å². The number of aryl methyl sites for hydroxylation is 1. The van der Waals surface area contributed by atoms with Gasteiger partial charge in [-0.05, 0) is 39.3 Å². The SMILES string of the molecule is CCCNC(=O)[C@@H](C)NC(=O)Cc1c(C)nn(-c2ccccc2)c1C. The molecule has 0 bridgehead atoms. The number of nitrogens with one attached hydrogen (secondary N) is 2. The van der Waals surface area contributed by atoms with E-state index in [1.807, 2.05) is 55.8 Å². The van der Waals surface area contributed by atoms with Crippen molar-refractivity contribution in [2.45, 2.75) is 46.6 Å². The second-order valence-corrected chi connectivity index (χ2v) is 6.15. The Morgan fingerprint density at radius 2 is 1.88 bits per heavy atom. The smallest absolute Gasteiger partial charge is 0.242 e. The standard InChI is InChI=1S/C19H26N4O2/c1-5-11-20-19(25)14(3)21-18(24)12-17-13(2)22-23(15(17)4)16-9-7-6-8-10-16/h6-10,14H,5,11-12H2,1-4H3,(H,20,25)(H,21,24)/t14-/m1/s1. The molecule has 0 aliphatic rings. The van der Waals surface area contributed by atoms with Crippen LogP contribution in [0.3, 0.4) is 0 Å². The Labute approximate surface area is 148 Å². The first-order valence-electron chi connectivity index (χ1n) is 8.61. The first-order valence-corrected chi connectivity index (χ1v) is 8.61. The maximum atomic E-state index is 12.3. The maximum Gasteiger partial charge on any atom is 0.242 e. The Morgan fingerprint density at radius 3 is 2.52 bits per heavy atom. The van der Waals surface area contributed by atoms with Crippen LogP contribution in [0.5, 0.6) is 0 Å². The molecule has 0 saturated carbocycles. The van der Waals surface area contributed by atoms with E-state index >= 15 is 0 Å². The van der Waals surface area contributed by atoms with E-state index in [4.69, 9.17) is 0 Å². The summed E-state index contributed by atoms with van der Waals surface area (Å²) >= 11 is 0. The van der Waals surface area contributed by atoms with Crippen LogP contribution < -0.4 is 10.6 Å². The Morgan fingerprint density at radius 1 is 1.20 bits per heavy atom. The Kier molecular flexibility index (Phi) is 6.33.